The highest BCUT2D eigenvalue weighted by atomic mass is 19.4. The van der Waals surface area contributed by atoms with Crippen LogP contribution in [-0.4, -0.2) is 62.0 Å². The number of carboxylic acid groups (broad SMARTS) is 1. The lowest BCUT2D eigenvalue weighted by atomic mass is 9.85. The van der Waals surface area contributed by atoms with Crippen molar-refractivity contribution in [2.45, 2.75) is 44.0 Å². The summed E-state index contributed by atoms with van der Waals surface area (Å²) in [6.45, 7) is 0.368. The summed E-state index contributed by atoms with van der Waals surface area (Å²) in [4.78, 5) is 18.9. The minimum Gasteiger partial charge on any atom is -0.476 e. The number of halogens is 3. The number of aromatic nitrogens is 4. The van der Waals surface area contributed by atoms with Crippen LogP contribution in [0.15, 0.2) is 18.3 Å². The van der Waals surface area contributed by atoms with Crippen LogP contribution in [0.2, 0.25) is 0 Å². The second-order valence-electron chi connectivity index (χ2n) is 8.10. The van der Waals surface area contributed by atoms with Crippen molar-refractivity contribution in [1.29, 1.82) is 10.8 Å². The van der Waals surface area contributed by atoms with Crippen molar-refractivity contribution >= 4 is 17.8 Å². The third kappa shape index (κ3) is 5.16. The van der Waals surface area contributed by atoms with E-state index in [9.17, 15) is 18.0 Å². The molecule has 4 N–H and O–H groups in total. The van der Waals surface area contributed by atoms with Crippen molar-refractivity contribution in [1.82, 2.24) is 19.7 Å². The molecule has 2 atom stereocenters. The normalized spacial score (nSPS) is 20.9. The van der Waals surface area contributed by atoms with Crippen molar-refractivity contribution < 1.29 is 32.5 Å². The molecule has 11 nitrogen and oxygen atoms in total. The van der Waals surface area contributed by atoms with Gasteiger partial charge in [0.25, 0.3) is 0 Å². The fourth-order valence-corrected chi connectivity index (χ4v) is 3.81. The average molecular weight is 481 g/mol. The van der Waals surface area contributed by atoms with Crippen LogP contribution in [0, 0.1) is 16.7 Å². The number of carboxylic acids is 1. The number of nitrogens with zero attached hydrogens (tertiary/aromatic N) is 4. The van der Waals surface area contributed by atoms with Crippen LogP contribution in [-0.2, 0) is 10.9 Å². The molecule has 4 rings (SSSR count). The lowest BCUT2D eigenvalue weighted by molar-refractivity contribution is -0.142. The molecule has 1 aliphatic heterocycles. The van der Waals surface area contributed by atoms with Gasteiger partial charge in [-0.15, -0.1) is 0 Å². The van der Waals surface area contributed by atoms with Crippen LogP contribution in [0.5, 0.6) is 5.88 Å². The van der Waals surface area contributed by atoms with E-state index in [4.69, 9.17) is 25.4 Å². The Labute approximate surface area is 191 Å². The van der Waals surface area contributed by atoms with Gasteiger partial charge in [0.15, 0.2) is 5.69 Å². The lowest BCUT2D eigenvalue weighted by Gasteiger charge is -2.30. The molecule has 0 amide bonds. The molecular weight excluding hydrogens is 459 g/mol. The third-order valence-electron chi connectivity index (χ3n) is 5.62. The van der Waals surface area contributed by atoms with Crippen LogP contribution in [0.25, 0.3) is 0 Å². The number of carbonyl (C=O) groups is 1. The zero-order valence-electron chi connectivity index (χ0n) is 17.8. The molecule has 0 unspecified atom stereocenters. The average Bonchev–Trinajstić information content (AvgIpc) is 2.75. The highest BCUT2D eigenvalue weighted by molar-refractivity contribution is 5.87. The molecule has 0 aromatic carbocycles. The van der Waals surface area contributed by atoms with Gasteiger partial charge < -0.3 is 19.9 Å². The first-order valence-electron chi connectivity index (χ1n) is 10.5. The van der Waals surface area contributed by atoms with E-state index in [-0.39, 0.29) is 48.1 Å². The SMILES string of the molecule is N=C([C@H]1CCC[C@@H](Nc2ncc(C(F)(F)F)c(OC3COC3)n2)C1)n1nc(C(=O)O)ccc1=N. The van der Waals surface area contributed by atoms with Gasteiger partial charge in [-0.1, -0.05) is 6.42 Å². The molecule has 3 heterocycles. The fraction of sp³-hybridized carbons (Fsp3) is 0.500. The maximum absolute atomic E-state index is 13.3. The molecule has 1 aliphatic carbocycles. The van der Waals surface area contributed by atoms with E-state index < -0.39 is 29.7 Å². The Morgan fingerprint density at radius 2 is 2.06 bits per heavy atom. The van der Waals surface area contributed by atoms with Crippen LogP contribution in [0.3, 0.4) is 0 Å². The zero-order valence-corrected chi connectivity index (χ0v) is 17.8. The number of hydrogen-bond donors (Lipinski definition) is 4. The van der Waals surface area contributed by atoms with E-state index in [2.05, 4.69) is 20.4 Å². The van der Waals surface area contributed by atoms with Crippen LogP contribution in [0.4, 0.5) is 19.1 Å². The Balaban J connectivity index is 1.49. The van der Waals surface area contributed by atoms with E-state index in [1.807, 2.05) is 0 Å². The standard InChI is InChI=1S/C20H22F3N7O4/c21-20(22,23)13-7-26-19(28-17(13)34-12-8-33-9-12)27-11-3-1-2-10(6-11)16(25)30-15(24)5-4-14(29-30)18(31)32/h4-5,7,10-12,24-25H,1-3,6,8-9H2,(H,31,32)(H,26,27,28)/t10-,11+/m0/s1. The number of rotatable bonds is 6. The second kappa shape index (κ2) is 9.37. The van der Waals surface area contributed by atoms with Crippen molar-refractivity contribution in [3.8, 4) is 5.88 Å². The van der Waals surface area contributed by atoms with Gasteiger partial charge in [-0.3, -0.25) is 10.8 Å². The van der Waals surface area contributed by atoms with Gasteiger partial charge in [-0.25, -0.2) is 14.5 Å². The van der Waals surface area contributed by atoms with Gasteiger partial charge in [0, 0.05) is 18.2 Å². The first-order valence-corrected chi connectivity index (χ1v) is 10.5. The molecule has 1 saturated carbocycles. The molecular formula is C20H22F3N7O4. The summed E-state index contributed by atoms with van der Waals surface area (Å²) in [5, 5.41) is 32.5. The minimum atomic E-state index is -4.67. The summed E-state index contributed by atoms with van der Waals surface area (Å²) < 4.78 is 51.3. The molecule has 0 bridgehead atoms. The Morgan fingerprint density at radius 1 is 1.29 bits per heavy atom. The monoisotopic (exact) mass is 481 g/mol. The van der Waals surface area contributed by atoms with Crippen LogP contribution < -0.4 is 15.5 Å². The fourth-order valence-electron chi connectivity index (χ4n) is 3.81. The topological polar surface area (TPSA) is 159 Å². The summed E-state index contributed by atoms with van der Waals surface area (Å²) in [6, 6.07) is 2.19. The van der Waals surface area contributed by atoms with E-state index in [1.165, 1.54) is 12.1 Å². The largest absolute Gasteiger partial charge is 0.476 e. The second-order valence-corrected chi connectivity index (χ2v) is 8.10. The summed E-state index contributed by atoms with van der Waals surface area (Å²) >= 11 is 0. The zero-order chi connectivity index (χ0) is 24.5. The van der Waals surface area contributed by atoms with Crippen LogP contribution >= 0.6 is 0 Å². The molecule has 1 saturated heterocycles. The lowest BCUT2D eigenvalue weighted by Crippen LogP contribution is -2.40. The Hall–Kier alpha value is -3.55. The molecule has 14 heteroatoms. The predicted octanol–water partition coefficient (Wildman–Crippen LogP) is 2.14. The summed E-state index contributed by atoms with van der Waals surface area (Å²) in [6.07, 6.45) is -2.12. The maximum Gasteiger partial charge on any atom is 0.423 e. The van der Waals surface area contributed by atoms with Crippen molar-refractivity contribution in [2.24, 2.45) is 5.92 Å². The molecule has 2 aliphatic rings. The maximum atomic E-state index is 13.3. The van der Waals surface area contributed by atoms with Crippen LogP contribution in [0.1, 0.15) is 41.7 Å². The minimum absolute atomic E-state index is 0.0260. The number of anilines is 1. The van der Waals surface area contributed by atoms with Gasteiger partial charge in [0.2, 0.25) is 11.8 Å². The third-order valence-corrected chi connectivity index (χ3v) is 5.62. The van der Waals surface area contributed by atoms with Crippen molar-refractivity contribution in [3.05, 3.63) is 35.1 Å². The summed E-state index contributed by atoms with van der Waals surface area (Å²) in [5.41, 5.74) is -1.48. The summed E-state index contributed by atoms with van der Waals surface area (Å²) in [7, 11) is 0. The molecule has 0 spiro atoms. The quantitative estimate of drug-likeness (QED) is 0.361. The van der Waals surface area contributed by atoms with Gasteiger partial charge in [0.1, 0.15) is 23.0 Å². The molecule has 182 valence electrons. The highest BCUT2D eigenvalue weighted by Gasteiger charge is 2.38. The van der Waals surface area contributed by atoms with E-state index >= 15 is 0 Å². The molecule has 2 aromatic rings. The van der Waals surface area contributed by atoms with Gasteiger partial charge in [-0.2, -0.15) is 23.3 Å². The number of aromatic carboxylic acids is 1. The highest BCUT2D eigenvalue weighted by Crippen LogP contribution is 2.36. The van der Waals surface area contributed by atoms with Gasteiger partial charge >= 0.3 is 12.1 Å². The number of nitrogens with one attached hydrogen (secondary N) is 3. The Kier molecular flexibility index (Phi) is 6.50. The number of ether oxygens (including phenoxy) is 2. The number of alkyl halides is 3. The Bertz CT molecular complexity index is 1150. The molecule has 0 radical (unpaired) electrons. The van der Waals surface area contributed by atoms with E-state index in [0.717, 1.165) is 4.68 Å². The first kappa shape index (κ1) is 23.6. The molecule has 2 fully saturated rings. The molecule has 2 aromatic heterocycles. The van der Waals surface area contributed by atoms with Crippen molar-refractivity contribution in [2.75, 3.05) is 18.5 Å². The first-order chi connectivity index (χ1) is 16.1. The summed E-state index contributed by atoms with van der Waals surface area (Å²) in [5.74, 6) is -2.24. The van der Waals surface area contributed by atoms with Gasteiger partial charge in [0.05, 0.1) is 13.2 Å². The predicted molar refractivity (Wildman–Crippen MR) is 110 cm³/mol. The van der Waals surface area contributed by atoms with Crippen molar-refractivity contribution in [3.63, 3.8) is 0 Å². The van der Waals surface area contributed by atoms with E-state index in [0.29, 0.717) is 31.9 Å². The smallest absolute Gasteiger partial charge is 0.423 e. The van der Waals surface area contributed by atoms with E-state index in [1.54, 1.807) is 0 Å². The van der Waals surface area contributed by atoms with Gasteiger partial charge in [-0.05, 0) is 31.4 Å². The molecule has 34 heavy (non-hydrogen) atoms. The Morgan fingerprint density at radius 3 is 2.71 bits per heavy atom. The number of hydrogen-bond acceptors (Lipinski definition) is 9.